The van der Waals surface area contributed by atoms with Crippen LogP contribution in [0.15, 0.2) is 12.2 Å². The number of nitrogens with zero attached hydrogens (tertiary/aromatic N) is 1. The molecular formula is C18H27NO6. The van der Waals surface area contributed by atoms with Crippen molar-refractivity contribution in [2.24, 2.45) is 11.8 Å². The molecule has 1 fully saturated rings. The number of hydrogen-bond acceptors (Lipinski definition) is 6. The average molecular weight is 353 g/mol. The largest absolute Gasteiger partial charge is 0.465 e. The van der Waals surface area contributed by atoms with Crippen LogP contribution >= 0.6 is 0 Å². The van der Waals surface area contributed by atoms with Gasteiger partial charge in [-0.3, -0.25) is 9.59 Å². The van der Waals surface area contributed by atoms with E-state index in [0.29, 0.717) is 13.0 Å². The Balaban J connectivity index is 2.16. The Bertz CT molecular complexity index is 532. The molecule has 0 aromatic rings. The fourth-order valence-corrected chi connectivity index (χ4v) is 3.10. The van der Waals surface area contributed by atoms with Crippen LogP contribution in [0.3, 0.4) is 0 Å². The molecule has 7 nitrogen and oxygen atoms in total. The van der Waals surface area contributed by atoms with E-state index in [-0.39, 0.29) is 43.5 Å². The monoisotopic (exact) mass is 353 g/mol. The van der Waals surface area contributed by atoms with Crippen LogP contribution in [0.2, 0.25) is 0 Å². The lowest BCUT2D eigenvalue weighted by atomic mass is 10.0. The first kappa shape index (κ1) is 19.4. The Hall–Kier alpha value is -1.89. The van der Waals surface area contributed by atoms with Crippen molar-refractivity contribution in [3.8, 4) is 0 Å². The number of rotatable bonds is 1. The van der Waals surface area contributed by atoms with Crippen molar-refractivity contribution < 1.29 is 28.6 Å². The number of methoxy groups -OCH3 is 1. The van der Waals surface area contributed by atoms with E-state index in [1.54, 1.807) is 25.0 Å². The van der Waals surface area contributed by atoms with Crippen molar-refractivity contribution in [1.82, 2.24) is 4.90 Å². The average Bonchev–Trinajstić information content (AvgIpc) is 3.08. The molecule has 7 heteroatoms. The van der Waals surface area contributed by atoms with E-state index < -0.39 is 17.9 Å². The molecule has 1 saturated heterocycles. The summed E-state index contributed by atoms with van der Waals surface area (Å²) in [4.78, 5) is 38.4. The van der Waals surface area contributed by atoms with Crippen LogP contribution in [0.25, 0.3) is 0 Å². The number of ether oxygens (including phenoxy) is 3. The third-order valence-corrected chi connectivity index (χ3v) is 4.73. The van der Waals surface area contributed by atoms with Gasteiger partial charge in [0.15, 0.2) is 0 Å². The Kier molecular flexibility index (Phi) is 6.99. The fraction of sp³-hybridized carbons (Fsp3) is 0.722. The van der Waals surface area contributed by atoms with Crippen molar-refractivity contribution in [1.29, 1.82) is 0 Å². The van der Waals surface area contributed by atoms with Crippen LogP contribution in [0.5, 0.6) is 0 Å². The van der Waals surface area contributed by atoms with Gasteiger partial charge in [0.1, 0.15) is 19.3 Å². The highest BCUT2D eigenvalue weighted by molar-refractivity contribution is 5.86. The van der Waals surface area contributed by atoms with Crippen molar-refractivity contribution in [2.45, 2.75) is 45.3 Å². The highest BCUT2D eigenvalue weighted by atomic mass is 16.6. The number of cyclic esters (lactones) is 2. The molecule has 140 valence electrons. The first-order valence-electron chi connectivity index (χ1n) is 8.76. The van der Waals surface area contributed by atoms with Gasteiger partial charge in [-0.2, -0.15) is 0 Å². The van der Waals surface area contributed by atoms with Crippen LogP contribution in [0.4, 0.5) is 0 Å². The van der Waals surface area contributed by atoms with E-state index in [9.17, 15) is 14.4 Å². The Morgan fingerprint density at radius 2 is 1.92 bits per heavy atom. The minimum atomic E-state index is -0.570. The van der Waals surface area contributed by atoms with Gasteiger partial charge >= 0.3 is 11.9 Å². The van der Waals surface area contributed by atoms with Crippen molar-refractivity contribution in [3.63, 3.8) is 0 Å². The molecule has 4 atom stereocenters. The number of esters is 2. The SMILES string of the molecule is CO[C@@H]1COC(=O)[C@H]2CCCN2C(=O)[C@@H](C)COC(=O)C/C=C\[C@H]1C. The molecule has 0 unspecified atom stereocenters. The van der Waals surface area contributed by atoms with Crippen molar-refractivity contribution >= 4 is 17.8 Å². The molecule has 0 aliphatic carbocycles. The third kappa shape index (κ3) is 5.04. The summed E-state index contributed by atoms with van der Waals surface area (Å²) in [6, 6.07) is -0.570. The molecule has 0 radical (unpaired) electrons. The van der Waals surface area contributed by atoms with E-state index in [4.69, 9.17) is 14.2 Å². The summed E-state index contributed by atoms with van der Waals surface area (Å²) in [5, 5.41) is 0. The smallest absolute Gasteiger partial charge is 0.328 e. The maximum Gasteiger partial charge on any atom is 0.328 e. The standard InChI is InChI=1S/C18H27NO6/c1-12-6-4-8-16(20)24-10-13(2)17(21)19-9-5-7-14(19)18(22)25-11-15(12)23-3/h4,6,12-15H,5,7-11H2,1-3H3/b6-4-/t12-,13+,14-,15-/m1/s1. The summed E-state index contributed by atoms with van der Waals surface area (Å²) in [6.45, 7) is 4.27. The summed E-state index contributed by atoms with van der Waals surface area (Å²) >= 11 is 0. The van der Waals surface area contributed by atoms with Gasteiger partial charge in [-0.15, -0.1) is 0 Å². The maximum absolute atomic E-state index is 12.6. The molecule has 25 heavy (non-hydrogen) atoms. The summed E-state index contributed by atoms with van der Waals surface area (Å²) in [5.74, 6) is -1.48. The lowest BCUT2D eigenvalue weighted by Crippen LogP contribution is -2.45. The Morgan fingerprint density at radius 1 is 1.16 bits per heavy atom. The van der Waals surface area contributed by atoms with E-state index in [1.807, 2.05) is 13.0 Å². The van der Waals surface area contributed by atoms with Gasteiger partial charge < -0.3 is 19.1 Å². The molecule has 0 saturated carbocycles. The first-order chi connectivity index (χ1) is 11.9. The summed E-state index contributed by atoms with van der Waals surface area (Å²) < 4.78 is 16.0. The minimum Gasteiger partial charge on any atom is -0.465 e. The van der Waals surface area contributed by atoms with E-state index in [2.05, 4.69) is 0 Å². The molecule has 2 heterocycles. The van der Waals surface area contributed by atoms with Gasteiger partial charge in [0.05, 0.1) is 18.4 Å². The molecule has 0 bridgehead atoms. The molecule has 2 rings (SSSR count). The van der Waals surface area contributed by atoms with Gasteiger partial charge in [-0.1, -0.05) is 26.0 Å². The second-order valence-electron chi connectivity index (χ2n) is 6.67. The third-order valence-electron chi connectivity index (χ3n) is 4.73. The van der Waals surface area contributed by atoms with Gasteiger partial charge in [0.2, 0.25) is 5.91 Å². The van der Waals surface area contributed by atoms with Crippen LogP contribution in [-0.4, -0.2) is 61.8 Å². The molecule has 0 N–H and O–H groups in total. The maximum atomic E-state index is 12.6. The summed E-state index contributed by atoms with van der Waals surface area (Å²) in [5.41, 5.74) is 0. The van der Waals surface area contributed by atoms with Gasteiger partial charge in [-0.05, 0) is 12.8 Å². The van der Waals surface area contributed by atoms with Crippen LogP contribution in [0, 0.1) is 11.8 Å². The Labute approximate surface area is 148 Å². The van der Waals surface area contributed by atoms with E-state index in [0.717, 1.165) is 6.42 Å². The topological polar surface area (TPSA) is 82.1 Å². The zero-order chi connectivity index (χ0) is 18.4. The highest BCUT2D eigenvalue weighted by Gasteiger charge is 2.37. The van der Waals surface area contributed by atoms with E-state index in [1.165, 1.54) is 0 Å². The summed E-state index contributed by atoms with van der Waals surface area (Å²) in [7, 11) is 1.55. The second-order valence-corrected chi connectivity index (χ2v) is 6.67. The number of amides is 1. The van der Waals surface area contributed by atoms with Crippen LogP contribution in [-0.2, 0) is 28.6 Å². The molecule has 0 aromatic heterocycles. The van der Waals surface area contributed by atoms with Gasteiger partial charge in [-0.25, -0.2) is 4.79 Å². The minimum absolute atomic E-state index is 0.0139. The van der Waals surface area contributed by atoms with Crippen LogP contribution < -0.4 is 0 Å². The zero-order valence-electron chi connectivity index (χ0n) is 15.1. The zero-order valence-corrected chi connectivity index (χ0v) is 15.1. The fourth-order valence-electron chi connectivity index (χ4n) is 3.10. The molecule has 1 amide bonds. The predicted octanol–water partition coefficient (Wildman–Crippen LogP) is 1.31. The van der Waals surface area contributed by atoms with Crippen LogP contribution in [0.1, 0.15) is 33.1 Å². The van der Waals surface area contributed by atoms with Crippen molar-refractivity contribution in [2.75, 3.05) is 26.9 Å². The normalized spacial score (nSPS) is 33.7. The predicted molar refractivity (Wildman–Crippen MR) is 89.5 cm³/mol. The highest BCUT2D eigenvalue weighted by Crippen LogP contribution is 2.22. The second kappa shape index (κ2) is 8.99. The molecule has 2 aliphatic heterocycles. The lowest BCUT2D eigenvalue weighted by molar-refractivity contribution is -0.159. The molecule has 2 aliphatic rings. The quantitative estimate of drug-likeness (QED) is 0.522. The van der Waals surface area contributed by atoms with E-state index >= 15 is 0 Å². The van der Waals surface area contributed by atoms with Gasteiger partial charge in [0.25, 0.3) is 0 Å². The first-order valence-corrected chi connectivity index (χ1v) is 8.76. The number of carbonyl (C=O) groups is 3. The summed E-state index contributed by atoms with van der Waals surface area (Å²) in [6.07, 6.45) is 4.72. The lowest BCUT2D eigenvalue weighted by Gasteiger charge is -2.27. The number of carbonyl (C=O) groups excluding carboxylic acids is 3. The number of fused-ring (bicyclic) bond motifs is 1. The molecule has 0 spiro atoms. The molecule has 0 aromatic carbocycles. The van der Waals surface area contributed by atoms with Gasteiger partial charge in [0, 0.05) is 19.6 Å². The number of hydrogen-bond donors (Lipinski definition) is 0. The molecular weight excluding hydrogens is 326 g/mol. The van der Waals surface area contributed by atoms with Crippen molar-refractivity contribution in [3.05, 3.63) is 12.2 Å². The Morgan fingerprint density at radius 3 is 2.64 bits per heavy atom.